The molecule has 3 rings (SSSR count). The van der Waals surface area contributed by atoms with E-state index in [1.165, 1.54) is 0 Å². The Morgan fingerprint density at radius 3 is 2.56 bits per heavy atom. The van der Waals surface area contributed by atoms with Gasteiger partial charge in [-0.1, -0.05) is 17.7 Å². The average Bonchev–Trinajstić information content (AvgIpc) is 2.57. The molecule has 3 aromatic rings. The molecule has 128 valence electrons. The molecule has 0 aliphatic heterocycles. The van der Waals surface area contributed by atoms with Crippen LogP contribution in [0.15, 0.2) is 47.4 Å². The van der Waals surface area contributed by atoms with Crippen LogP contribution >= 0.6 is 11.8 Å². The van der Waals surface area contributed by atoms with Crippen molar-refractivity contribution in [1.82, 2.24) is 15.0 Å². The molecular formula is C17H15F2N5S. The van der Waals surface area contributed by atoms with Crippen LogP contribution in [0.5, 0.6) is 0 Å². The second-order valence-corrected chi connectivity index (χ2v) is 6.31. The third-order valence-corrected chi connectivity index (χ3v) is 4.28. The van der Waals surface area contributed by atoms with Gasteiger partial charge in [0.15, 0.2) is 0 Å². The Morgan fingerprint density at radius 2 is 1.80 bits per heavy atom. The van der Waals surface area contributed by atoms with Crippen LogP contribution in [0, 0.1) is 18.6 Å². The second kappa shape index (κ2) is 7.43. The third-order valence-electron chi connectivity index (χ3n) is 3.26. The van der Waals surface area contributed by atoms with Gasteiger partial charge in [0.2, 0.25) is 11.9 Å². The van der Waals surface area contributed by atoms with Crippen LogP contribution in [0.4, 0.5) is 26.4 Å². The third kappa shape index (κ3) is 4.63. The fourth-order valence-corrected chi connectivity index (χ4v) is 2.87. The Morgan fingerprint density at radius 1 is 1.04 bits per heavy atom. The number of thioether (sulfide) groups is 1. The maximum absolute atomic E-state index is 13.7. The van der Waals surface area contributed by atoms with Gasteiger partial charge in [0.1, 0.15) is 17.5 Å². The summed E-state index contributed by atoms with van der Waals surface area (Å²) in [4.78, 5) is 12.5. The number of rotatable bonds is 5. The van der Waals surface area contributed by atoms with Gasteiger partial charge in [-0.15, -0.1) is 11.8 Å². The number of aromatic nitrogens is 3. The van der Waals surface area contributed by atoms with Gasteiger partial charge in [-0.25, -0.2) is 8.78 Å². The van der Waals surface area contributed by atoms with Crippen LogP contribution in [-0.2, 0) is 5.75 Å². The number of hydrogen-bond acceptors (Lipinski definition) is 6. The number of nitrogens with two attached hydrogens (primary N) is 1. The van der Waals surface area contributed by atoms with Gasteiger partial charge in [0.05, 0.1) is 5.75 Å². The van der Waals surface area contributed by atoms with Gasteiger partial charge in [0, 0.05) is 10.6 Å². The summed E-state index contributed by atoms with van der Waals surface area (Å²) >= 11 is 1.09. The van der Waals surface area contributed by atoms with Crippen molar-refractivity contribution in [3.05, 3.63) is 65.5 Å². The fourth-order valence-electron chi connectivity index (χ4n) is 2.05. The summed E-state index contributed by atoms with van der Waals surface area (Å²) in [6.45, 7) is 1.99. The number of halogens is 2. The highest BCUT2D eigenvalue weighted by atomic mass is 32.2. The maximum atomic E-state index is 13.7. The van der Waals surface area contributed by atoms with Gasteiger partial charge >= 0.3 is 0 Å². The van der Waals surface area contributed by atoms with E-state index < -0.39 is 11.6 Å². The van der Waals surface area contributed by atoms with Gasteiger partial charge in [-0.3, -0.25) is 0 Å². The van der Waals surface area contributed by atoms with Gasteiger partial charge in [0.25, 0.3) is 0 Å². The molecule has 0 bridgehead atoms. The van der Waals surface area contributed by atoms with E-state index in [1.807, 2.05) is 31.2 Å². The molecule has 0 atom stereocenters. The lowest BCUT2D eigenvalue weighted by Crippen LogP contribution is -2.06. The zero-order valence-corrected chi connectivity index (χ0v) is 14.1. The first-order chi connectivity index (χ1) is 12.0. The molecule has 25 heavy (non-hydrogen) atoms. The number of nitrogens with one attached hydrogen (secondary N) is 1. The molecule has 0 unspecified atom stereocenters. The summed E-state index contributed by atoms with van der Waals surface area (Å²) in [6, 6.07) is 11.0. The van der Waals surface area contributed by atoms with E-state index >= 15 is 0 Å². The van der Waals surface area contributed by atoms with Crippen molar-refractivity contribution in [3.63, 3.8) is 0 Å². The lowest BCUT2D eigenvalue weighted by Gasteiger charge is -2.08. The zero-order chi connectivity index (χ0) is 17.8. The molecule has 0 aliphatic carbocycles. The molecule has 1 heterocycles. The van der Waals surface area contributed by atoms with E-state index in [4.69, 9.17) is 5.73 Å². The Balaban J connectivity index is 1.75. The van der Waals surface area contributed by atoms with Gasteiger partial charge in [-0.2, -0.15) is 15.0 Å². The minimum atomic E-state index is -0.499. The first-order valence-corrected chi connectivity index (χ1v) is 8.40. The highest BCUT2D eigenvalue weighted by Crippen LogP contribution is 2.26. The number of hydrogen-bond donors (Lipinski definition) is 2. The molecule has 2 aromatic carbocycles. The number of benzene rings is 2. The summed E-state index contributed by atoms with van der Waals surface area (Å²) in [5.41, 5.74) is 7.66. The predicted molar refractivity (Wildman–Crippen MR) is 94.6 cm³/mol. The van der Waals surface area contributed by atoms with Crippen LogP contribution in [0.2, 0.25) is 0 Å². The summed E-state index contributed by atoms with van der Waals surface area (Å²) in [7, 11) is 0. The largest absolute Gasteiger partial charge is 0.368 e. The highest BCUT2D eigenvalue weighted by molar-refractivity contribution is 7.98. The minimum absolute atomic E-state index is 0.0555. The highest BCUT2D eigenvalue weighted by Gasteiger charge is 2.09. The lowest BCUT2D eigenvalue weighted by molar-refractivity contribution is 0.577. The van der Waals surface area contributed by atoms with Crippen molar-refractivity contribution in [2.75, 3.05) is 11.1 Å². The summed E-state index contributed by atoms with van der Waals surface area (Å²) < 4.78 is 26.9. The molecule has 0 fully saturated rings. The van der Waals surface area contributed by atoms with E-state index in [0.717, 1.165) is 41.2 Å². The molecule has 0 saturated carbocycles. The Bertz CT molecular complexity index is 887. The number of nitrogens with zero attached hydrogens (tertiary/aromatic N) is 3. The molecule has 0 spiro atoms. The zero-order valence-electron chi connectivity index (χ0n) is 13.3. The molecule has 0 aliphatic rings. The lowest BCUT2D eigenvalue weighted by atomic mass is 10.2. The van der Waals surface area contributed by atoms with Crippen LogP contribution in [0.1, 0.15) is 11.4 Å². The van der Waals surface area contributed by atoms with E-state index in [1.54, 1.807) is 0 Å². The first kappa shape index (κ1) is 17.1. The van der Waals surface area contributed by atoms with Crippen molar-refractivity contribution in [3.8, 4) is 0 Å². The van der Waals surface area contributed by atoms with Crippen molar-refractivity contribution < 1.29 is 8.78 Å². The SMILES string of the molecule is Cc1ccc(Nc2nc(N)nc(CSc3cc(F)ccc3F)n2)cc1. The molecular weight excluding hydrogens is 344 g/mol. The molecule has 0 saturated heterocycles. The molecule has 0 radical (unpaired) electrons. The van der Waals surface area contributed by atoms with Crippen LogP contribution < -0.4 is 11.1 Å². The molecule has 1 aromatic heterocycles. The van der Waals surface area contributed by atoms with Gasteiger partial charge in [-0.05, 0) is 37.3 Å². The standard InChI is InChI=1S/C17H15F2N5S/c1-10-2-5-12(6-3-10)21-17-23-15(22-16(20)24-17)9-25-14-8-11(18)4-7-13(14)19/h2-8H,9H2,1H3,(H3,20,21,22,23,24). The van der Waals surface area contributed by atoms with Crippen molar-refractivity contribution in [1.29, 1.82) is 0 Å². The van der Waals surface area contributed by atoms with Crippen LogP contribution in [0.3, 0.4) is 0 Å². The topological polar surface area (TPSA) is 76.7 Å². The van der Waals surface area contributed by atoms with Crippen molar-refractivity contribution in [2.24, 2.45) is 0 Å². The van der Waals surface area contributed by atoms with E-state index in [2.05, 4.69) is 20.3 Å². The summed E-state index contributed by atoms with van der Waals surface area (Å²) in [6.07, 6.45) is 0. The average molecular weight is 359 g/mol. The predicted octanol–water partition coefficient (Wildman–Crippen LogP) is 4.08. The monoisotopic (exact) mass is 359 g/mol. The number of nitrogen functional groups attached to an aromatic ring is 1. The second-order valence-electron chi connectivity index (χ2n) is 5.29. The fraction of sp³-hybridized carbons (Fsp3) is 0.118. The van der Waals surface area contributed by atoms with Crippen LogP contribution in [-0.4, -0.2) is 15.0 Å². The minimum Gasteiger partial charge on any atom is -0.368 e. The quantitative estimate of drug-likeness (QED) is 0.669. The normalized spacial score (nSPS) is 10.7. The first-order valence-electron chi connectivity index (χ1n) is 7.41. The van der Waals surface area contributed by atoms with E-state index in [-0.39, 0.29) is 16.6 Å². The summed E-state index contributed by atoms with van der Waals surface area (Å²) in [5.74, 6) is -0.0371. The molecule has 3 N–H and O–H groups in total. The molecule has 5 nitrogen and oxygen atoms in total. The smallest absolute Gasteiger partial charge is 0.232 e. The van der Waals surface area contributed by atoms with E-state index in [9.17, 15) is 8.78 Å². The Labute approximate surface area is 147 Å². The Kier molecular flexibility index (Phi) is 5.08. The van der Waals surface area contributed by atoms with Crippen molar-refractivity contribution >= 4 is 29.3 Å². The Hall–Kier alpha value is -2.74. The molecule has 8 heteroatoms. The number of aryl methyl sites for hydroxylation is 1. The van der Waals surface area contributed by atoms with Crippen molar-refractivity contribution in [2.45, 2.75) is 17.6 Å². The van der Waals surface area contributed by atoms with E-state index in [0.29, 0.717) is 11.8 Å². The number of anilines is 3. The van der Waals surface area contributed by atoms with Crippen LogP contribution in [0.25, 0.3) is 0 Å². The summed E-state index contributed by atoms with van der Waals surface area (Å²) in [5, 5.41) is 3.05. The molecule has 0 amide bonds. The van der Waals surface area contributed by atoms with Gasteiger partial charge < -0.3 is 11.1 Å². The maximum Gasteiger partial charge on any atom is 0.232 e.